The molecule has 2 aromatic rings. The molecule has 1 amide bonds. The molecule has 2 fully saturated rings. The Morgan fingerprint density at radius 1 is 1.20 bits per heavy atom. The molecule has 5 rings (SSSR count). The van der Waals surface area contributed by atoms with Gasteiger partial charge in [0, 0.05) is 28.2 Å². The molecule has 7 nitrogen and oxygen atoms in total. The first-order valence-electron chi connectivity index (χ1n) is 12.2. The normalized spacial score (nSPS) is 27.1. The van der Waals surface area contributed by atoms with Crippen molar-refractivity contribution in [3.63, 3.8) is 0 Å². The van der Waals surface area contributed by atoms with Crippen LogP contribution >= 0.6 is 11.6 Å². The van der Waals surface area contributed by atoms with Crippen LogP contribution in [0.5, 0.6) is 5.75 Å². The van der Waals surface area contributed by atoms with Crippen LogP contribution in [0.15, 0.2) is 48.5 Å². The van der Waals surface area contributed by atoms with Gasteiger partial charge in [-0.3, -0.25) is 14.5 Å². The highest BCUT2D eigenvalue weighted by molar-refractivity contribution is 6.30. The molecule has 1 N–H and O–H groups in total. The Balaban J connectivity index is 1.38. The monoisotopic (exact) mass is 498 g/mol. The van der Waals surface area contributed by atoms with E-state index in [9.17, 15) is 14.7 Å². The van der Waals surface area contributed by atoms with Gasteiger partial charge in [-0.1, -0.05) is 29.8 Å². The van der Waals surface area contributed by atoms with Gasteiger partial charge in [-0.2, -0.15) is 0 Å². The molecule has 4 atom stereocenters. The lowest BCUT2D eigenvalue weighted by atomic mass is 9.72. The van der Waals surface area contributed by atoms with Gasteiger partial charge in [-0.05, 0) is 70.0 Å². The second-order valence-electron chi connectivity index (χ2n) is 10.2. The maximum absolute atomic E-state index is 13.4. The number of benzene rings is 2. The van der Waals surface area contributed by atoms with Crippen molar-refractivity contribution in [2.45, 2.75) is 57.0 Å². The number of piperidine rings is 1. The molecule has 0 saturated carbocycles. The maximum atomic E-state index is 13.4. The van der Waals surface area contributed by atoms with E-state index in [4.69, 9.17) is 21.1 Å². The molecule has 8 heteroatoms. The molecule has 3 aliphatic heterocycles. The number of halogens is 1. The fourth-order valence-electron chi connectivity index (χ4n) is 5.87. The number of carbonyl (C=O) groups is 2. The highest BCUT2D eigenvalue weighted by Gasteiger charge is 2.52. The summed E-state index contributed by atoms with van der Waals surface area (Å²) in [6.07, 6.45) is 2.54. The molecule has 2 saturated heterocycles. The Hall–Kier alpha value is -2.61. The summed E-state index contributed by atoms with van der Waals surface area (Å²) < 4.78 is 13.1. The van der Waals surface area contributed by atoms with Crippen LogP contribution in [0.4, 0.5) is 5.69 Å². The van der Waals surface area contributed by atoms with Crippen molar-refractivity contribution in [1.29, 1.82) is 0 Å². The van der Waals surface area contributed by atoms with E-state index < -0.39 is 11.6 Å². The highest BCUT2D eigenvalue weighted by atomic mass is 35.5. The summed E-state index contributed by atoms with van der Waals surface area (Å²) >= 11 is 6.31. The summed E-state index contributed by atoms with van der Waals surface area (Å²) in [5.74, 6) is -0.359. The van der Waals surface area contributed by atoms with E-state index in [-0.39, 0.29) is 43.2 Å². The number of hydrogen-bond acceptors (Lipinski definition) is 5. The average Bonchev–Trinajstić information content (AvgIpc) is 2.83. The third kappa shape index (κ3) is 4.77. The Kier molecular flexibility index (Phi) is 6.51. The summed E-state index contributed by atoms with van der Waals surface area (Å²) in [5, 5.41) is 10.1. The van der Waals surface area contributed by atoms with Crippen molar-refractivity contribution in [3.05, 3.63) is 59.1 Å². The molecule has 35 heavy (non-hydrogen) atoms. The summed E-state index contributed by atoms with van der Waals surface area (Å²) in [6, 6.07) is 14.7. The largest absolute Gasteiger partial charge is 0.487 e. The smallest absolute Gasteiger partial charge is 0.323 e. The maximum Gasteiger partial charge on any atom is 0.323 e. The van der Waals surface area contributed by atoms with Crippen LogP contribution in [0.1, 0.15) is 44.8 Å². The number of carboxylic acid groups (broad SMARTS) is 1. The van der Waals surface area contributed by atoms with Crippen LogP contribution in [0, 0.1) is 5.92 Å². The number of para-hydroxylation sites is 1. The topological polar surface area (TPSA) is 79.3 Å². The standard InChI is InChI=1S/C27H31ClN2O5/c1-27(2)20-14-21-23(34-26(20)19-13-17(28)10-11-22(19)35-27)9-6-12-29(21)15-24(31)30(16-25(32)33)18-7-4-3-5-8-18/h3-5,7-8,10-11,13,20-21,23,26H,6,9,12,14-16H2,1-2H3,(H,32,33)/t20-,21-,23-,26+/m0/s1. The number of carbonyl (C=O) groups excluding carboxylic acids is 1. The van der Waals surface area contributed by atoms with Crippen molar-refractivity contribution >= 4 is 29.2 Å². The molecule has 0 bridgehead atoms. The molecule has 0 aromatic heterocycles. The lowest BCUT2D eigenvalue weighted by Crippen LogP contribution is -2.60. The number of fused-ring (bicyclic) bond motifs is 4. The van der Waals surface area contributed by atoms with E-state index in [2.05, 4.69) is 18.7 Å². The minimum Gasteiger partial charge on any atom is -0.487 e. The van der Waals surface area contributed by atoms with E-state index in [1.807, 2.05) is 24.3 Å². The summed E-state index contributed by atoms with van der Waals surface area (Å²) in [4.78, 5) is 28.4. The highest BCUT2D eigenvalue weighted by Crippen LogP contribution is 2.52. The van der Waals surface area contributed by atoms with Gasteiger partial charge in [-0.25, -0.2) is 0 Å². The van der Waals surface area contributed by atoms with Gasteiger partial charge >= 0.3 is 5.97 Å². The van der Waals surface area contributed by atoms with Gasteiger partial charge in [-0.15, -0.1) is 0 Å². The number of aliphatic carboxylic acids is 1. The molecule has 0 unspecified atom stereocenters. The fraction of sp³-hybridized carbons (Fsp3) is 0.481. The number of nitrogens with zero attached hydrogens (tertiary/aromatic N) is 2. The van der Waals surface area contributed by atoms with Crippen molar-refractivity contribution < 1.29 is 24.2 Å². The van der Waals surface area contributed by atoms with Crippen LogP contribution in [-0.4, -0.2) is 59.3 Å². The van der Waals surface area contributed by atoms with E-state index in [0.717, 1.165) is 37.1 Å². The lowest BCUT2D eigenvalue weighted by molar-refractivity contribution is -0.189. The minimum absolute atomic E-state index is 0.0109. The SMILES string of the molecule is CC1(C)Oc2ccc(Cl)cc2[C@H]2O[C@H]3CCCN(CC(=O)N(CC(=O)O)c4ccccc4)[C@H]3C[C@@H]21. The van der Waals surface area contributed by atoms with Crippen LogP contribution < -0.4 is 9.64 Å². The van der Waals surface area contributed by atoms with Gasteiger partial charge in [0.2, 0.25) is 5.91 Å². The molecule has 2 aromatic carbocycles. The number of carboxylic acids is 1. The first kappa shape index (κ1) is 24.1. The van der Waals surface area contributed by atoms with Gasteiger partial charge in [0.15, 0.2) is 0 Å². The number of amides is 1. The number of ether oxygens (including phenoxy) is 2. The zero-order valence-corrected chi connectivity index (χ0v) is 20.8. The van der Waals surface area contributed by atoms with Crippen LogP contribution in [0.3, 0.4) is 0 Å². The van der Waals surface area contributed by atoms with Gasteiger partial charge in [0.05, 0.1) is 18.8 Å². The van der Waals surface area contributed by atoms with Gasteiger partial charge in [0.1, 0.15) is 17.9 Å². The second kappa shape index (κ2) is 9.45. The first-order chi connectivity index (χ1) is 16.7. The van der Waals surface area contributed by atoms with Crippen LogP contribution in [-0.2, 0) is 14.3 Å². The molecule has 186 valence electrons. The lowest BCUT2D eigenvalue weighted by Gasteiger charge is -2.54. The van der Waals surface area contributed by atoms with Crippen molar-refractivity contribution in [3.8, 4) is 5.75 Å². The minimum atomic E-state index is -1.04. The third-order valence-corrected chi connectivity index (χ3v) is 7.79. The number of anilines is 1. The Labute approximate surface area is 210 Å². The van der Waals surface area contributed by atoms with E-state index in [0.29, 0.717) is 10.7 Å². The van der Waals surface area contributed by atoms with Crippen molar-refractivity contribution in [2.75, 3.05) is 24.5 Å². The fourth-order valence-corrected chi connectivity index (χ4v) is 6.05. The Morgan fingerprint density at radius 2 is 1.97 bits per heavy atom. The van der Waals surface area contributed by atoms with Crippen LogP contribution in [0.2, 0.25) is 5.02 Å². The Bertz CT molecular complexity index is 1110. The molecule has 0 spiro atoms. The predicted octanol–water partition coefficient (Wildman–Crippen LogP) is 4.54. The van der Waals surface area contributed by atoms with Crippen molar-refractivity contribution in [2.24, 2.45) is 5.92 Å². The molecule has 3 aliphatic rings. The summed E-state index contributed by atoms with van der Waals surface area (Å²) in [7, 11) is 0. The first-order valence-corrected chi connectivity index (χ1v) is 12.6. The van der Waals surface area contributed by atoms with E-state index in [1.165, 1.54) is 4.90 Å². The number of likely N-dealkylation sites (tertiary alicyclic amines) is 1. The zero-order chi connectivity index (χ0) is 24.7. The summed E-state index contributed by atoms with van der Waals surface area (Å²) in [5.41, 5.74) is 1.14. The molecular weight excluding hydrogens is 468 g/mol. The van der Waals surface area contributed by atoms with Gasteiger partial charge in [0.25, 0.3) is 0 Å². The quantitative estimate of drug-likeness (QED) is 0.652. The molecule has 3 heterocycles. The molecule has 0 radical (unpaired) electrons. The number of hydrogen-bond donors (Lipinski definition) is 1. The van der Waals surface area contributed by atoms with E-state index >= 15 is 0 Å². The Morgan fingerprint density at radius 3 is 2.71 bits per heavy atom. The van der Waals surface area contributed by atoms with Crippen LogP contribution in [0.25, 0.3) is 0 Å². The average molecular weight is 499 g/mol. The van der Waals surface area contributed by atoms with Gasteiger partial charge < -0.3 is 19.5 Å². The third-order valence-electron chi connectivity index (χ3n) is 7.56. The zero-order valence-electron chi connectivity index (χ0n) is 20.0. The predicted molar refractivity (Wildman–Crippen MR) is 133 cm³/mol. The second-order valence-corrected chi connectivity index (χ2v) is 10.7. The summed E-state index contributed by atoms with van der Waals surface area (Å²) in [6.45, 7) is 4.73. The molecule has 0 aliphatic carbocycles. The van der Waals surface area contributed by atoms with Crippen molar-refractivity contribution in [1.82, 2.24) is 4.90 Å². The number of rotatable bonds is 5. The van der Waals surface area contributed by atoms with E-state index in [1.54, 1.807) is 24.3 Å². The molecular formula is C27H31ClN2O5.